The van der Waals surface area contributed by atoms with Crippen LogP contribution in [0.3, 0.4) is 0 Å². The third-order valence-electron chi connectivity index (χ3n) is 3.66. The highest BCUT2D eigenvalue weighted by atomic mass is 32.2. The van der Waals surface area contributed by atoms with Crippen LogP contribution in [0.25, 0.3) is 0 Å². The first-order chi connectivity index (χ1) is 10.9. The Labute approximate surface area is 138 Å². The molecule has 22 heavy (non-hydrogen) atoms. The van der Waals surface area contributed by atoms with E-state index in [1.54, 1.807) is 0 Å². The molecule has 0 unspecified atom stereocenters. The van der Waals surface area contributed by atoms with Gasteiger partial charge in [-0.3, -0.25) is 0 Å². The van der Waals surface area contributed by atoms with E-state index in [1.807, 2.05) is 11.8 Å². The lowest BCUT2D eigenvalue weighted by Crippen LogP contribution is -2.13. The predicted octanol–water partition coefficient (Wildman–Crippen LogP) is 5.04. The van der Waals surface area contributed by atoms with Crippen LogP contribution in [0, 0.1) is 0 Å². The number of benzene rings is 3. The van der Waals surface area contributed by atoms with Gasteiger partial charge in [-0.15, -0.1) is 11.8 Å². The van der Waals surface area contributed by atoms with E-state index in [2.05, 4.69) is 91.2 Å². The van der Waals surface area contributed by atoms with E-state index in [0.29, 0.717) is 0 Å². The molecule has 2 heteroatoms. The Morgan fingerprint density at radius 2 is 1.18 bits per heavy atom. The van der Waals surface area contributed by atoms with Gasteiger partial charge in [-0.2, -0.15) is 0 Å². The normalized spacial score (nSPS) is 10.8. The molecule has 0 N–H and O–H groups in total. The molecule has 0 saturated carbocycles. The first-order valence-electron chi connectivity index (χ1n) is 7.38. The van der Waals surface area contributed by atoms with Crippen molar-refractivity contribution in [1.29, 1.82) is 0 Å². The van der Waals surface area contributed by atoms with Gasteiger partial charge in [-0.1, -0.05) is 78.9 Å². The molecular weight excluding hydrogens is 303 g/mol. The molecule has 0 heterocycles. The maximum atomic E-state index is 2.27. The molecule has 3 aromatic rings. The van der Waals surface area contributed by atoms with Crippen molar-refractivity contribution in [2.75, 3.05) is 6.26 Å². The third kappa shape index (κ3) is 3.61. The summed E-state index contributed by atoms with van der Waals surface area (Å²) in [6, 6.07) is 30.6. The van der Waals surface area contributed by atoms with E-state index in [4.69, 9.17) is 0 Å². The topological polar surface area (TPSA) is 0 Å². The molecular formula is C20H19PS. The Kier molecular flexibility index (Phi) is 5.32. The quantitative estimate of drug-likeness (QED) is 0.468. The van der Waals surface area contributed by atoms with Crippen molar-refractivity contribution in [3.63, 3.8) is 0 Å². The van der Waals surface area contributed by atoms with Crippen molar-refractivity contribution in [1.82, 2.24) is 0 Å². The fourth-order valence-corrected chi connectivity index (χ4v) is 5.62. The van der Waals surface area contributed by atoms with Crippen molar-refractivity contribution in [3.05, 3.63) is 90.5 Å². The van der Waals surface area contributed by atoms with Crippen LogP contribution in [0.4, 0.5) is 0 Å². The molecule has 110 valence electrons. The van der Waals surface area contributed by atoms with Gasteiger partial charge in [-0.25, -0.2) is 0 Å². The average Bonchev–Trinajstić information content (AvgIpc) is 2.61. The highest BCUT2D eigenvalue weighted by Crippen LogP contribution is 2.39. The van der Waals surface area contributed by atoms with E-state index >= 15 is 0 Å². The number of rotatable bonds is 5. The van der Waals surface area contributed by atoms with Gasteiger partial charge in [0.15, 0.2) is 0 Å². The molecule has 0 saturated heterocycles. The average molecular weight is 322 g/mol. The molecule has 0 aliphatic heterocycles. The van der Waals surface area contributed by atoms with E-state index in [9.17, 15) is 0 Å². The van der Waals surface area contributed by atoms with E-state index < -0.39 is 0 Å². The second-order valence-corrected chi connectivity index (χ2v) is 8.12. The molecule has 3 aromatic carbocycles. The van der Waals surface area contributed by atoms with Gasteiger partial charge < -0.3 is 0 Å². The Bertz CT molecular complexity index is 671. The van der Waals surface area contributed by atoms with Crippen molar-refractivity contribution in [2.24, 2.45) is 0 Å². The van der Waals surface area contributed by atoms with Gasteiger partial charge in [0.1, 0.15) is 0 Å². The minimum Gasteiger partial charge on any atom is -0.129 e. The number of hydrogen-bond donors (Lipinski definition) is 0. The van der Waals surface area contributed by atoms with Crippen LogP contribution in [0.5, 0.6) is 0 Å². The monoisotopic (exact) mass is 322 g/mol. The predicted molar refractivity (Wildman–Crippen MR) is 101 cm³/mol. The number of hydrogen-bond acceptors (Lipinski definition) is 1. The smallest absolute Gasteiger partial charge is 0.0105 e. The van der Waals surface area contributed by atoms with Crippen LogP contribution in [-0.2, 0) is 6.16 Å². The second-order valence-electron chi connectivity index (χ2n) is 5.07. The van der Waals surface area contributed by atoms with Crippen LogP contribution in [0.2, 0.25) is 0 Å². The summed E-state index contributed by atoms with van der Waals surface area (Å²) < 4.78 is 0. The largest absolute Gasteiger partial charge is 0.129 e. The maximum absolute atomic E-state index is 2.27. The van der Waals surface area contributed by atoms with Gasteiger partial charge >= 0.3 is 0 Å². The van der Waals surface area contributed by atoms with Crippen LogP contribution in [0.15, 0.2) is 89.8 Å². The summed E-state index contributed by atoms with van der Waals surface area (Å²) in [6.07, 6.45) is 3.26. The van der Waals surface area contributed by atoms with Gasteiger partial charge in [0.05, 0.1) is 0 Å². The minimum atomic E-state index is -0.362. The summed E-state index contributed by atoms with van der Waals surface area (Å²) in [4.78, 5) is 1.39. The van der Waals surface area contributed by atoms with Crippen molar-refractivity contribution < 1.29 is 0 Å². The molecule has 0 aliphatic rings. The van der Waals surface area contributed by atoms with Crippen LogP contribution >= 0.6 is 19.7 Å². The molecule has 0 radical (unpaired) electrons. The summed E-state index contributed by atoms with van der Waals surface area (Å²) in [5.74, 6) is 0. The summed E-state index contributed by atoms with van der Waals surface area (Å²) in [6.45, 7) is 0. The first kappa shape index (κ1) is 15.3. The third-order valence-corrected chi connectivity index (χ3v) is 6.99. The fourth-order valence-electron chi connectivity index (χ4n) is 2.55. The Morgan fingerprint density at radius 1 is 0.682 bits per heavy atom. The van der Waals surface area contributed by atoms with Crippen LogP contribution in [-0.4, -0.2) is 6.26 Å². The summed E-state index contributed by atoms with van der Waals surface area (Å²) in [5.41, 5.74) is 1.45. The molecule has 0 spiro atoms. The molecule has 0 atom stereocenters. The second kappa shape index (κ2) is 7.63. The van der Waals surface area contributed by atoms with Crippen molar-refractivity contribution in [2.45, 2.75) is 11.1 Å². The molecule has 0 fully saturated rings. The maximum Gasteiger partial charge on any atom is 0.0105 e. The Hall–Kier alpha value is -1.56. The number of thioether (sulfide) groups is 1. The summed E-state index contributed by atoms with van der Waals surface area (Å²) >= 11 is 1.84. The van der Waals surface area contributed by atoms with Crippen LogP contribution < -0.4 is 10.6 Å². The lowest BCUT2D eigenvalue weighted by atomic mass is 10.2. The van der Waals surface area contributed by atoms with Gasteiger partial charge in [0.25, 0.3) is 0 Å². The van der Waals surface area contributed by atoms with E-state index in [0.717, 1.165) is 6.16 Å². The highest BCUT2D eigenvalue weighted by molar-refractivity contribution is 7.98. The fraction of sp³-hybridized carbons (Fsp3) is 0.100. The molecule has 0 amide bonds. The van der Waals surface area contributed by atoms with E-state index in [-0.39, 0.29) is 7.92 Å². The van der Waals surface area contributed by atoms with Crippen LogP contribution in [0.1, 0.15) is 5.56 Å². The first-order valence-corrected chi connectivity index (χ1v) is 10.1. The Morgan fingerprint density at radius 3 is 1.73 bits per heavy atom. The molecule has 3 rings (SSSR count). The van der Waals surface area contributed by atoms with E-state index in [1.165, 1.54) is 21.1 Å². The molecule has 0 aromatic heterocycles. The Balaban J connectivity index is 1.99. The van der Waals surface area contributed by atoms with Gasteiger partial charge in [-0.05, 0) is 36.4 Å². The zero-order valence-electron chi connectivity index (χ0n) is 12.6. The lowest BCUT2D eigenvalue weighted by molar-refractivity contribution is 1.26. The lowest BCUT2D eigenvalue weighted by Gasteiger charge is -2.20. The van der Waals surface area contributed by atoms with Gasteiger partial charge in [0, 0.05) is 11.1 Å². The molecule has 0 aliphatic carbocycles. The van der Waals surface area contributed by atoms with Gasteiger partial charge in [0.2, 0.25) is 0 Å². The zero-order valence-corrected chi connectivity index (χ0v) is 14.4. The van der Waals surface area contributed by atoms with Crippen molar-refractivity contribution >= 4 is 30.3 Å². The SMILES string of the molecule is CSc1ccccc1CP(c1ccccc1)c1ccccc1. The van der Waals surface area contributed by atoms with Crippen molar-refractivity contribution in [3.8, 4) is 0 Å². The highest BCUT2D eigenvalue weighted by Gasteiger charge is 2.15. The molecule has 0 nitrogen and oxygen atoms in total. The minimum absolute atomic E-state index is 0.362. The zero-order chi connectivity index (χ0) is 15.2. The standard InChI is InChI=1S/C20H19PS/c1-22-20-15-9-8-10-17(20)16-21(18-11-4-2-5-12-18)19-13-6-3-7-14-19/h2-15H,16H2,1H3. The molecule has 0 bridgehead atoms. The summed E-state index contributed by atoms with van der Waals surface area (Å²) in [7, 11) is -0.362. The summed E-state index contributed by atoms with van der Waals surface area (Å²) in [5, 5.41) is 2.89.